The number of hydrogen-bond donors (Lipinski definition) is 2. The molecule has 0 aliphatic heterocycles. The Labute approximate surface area is 165 Å². The lowest BCUT2D eigenvalue weighted by Crippen LogP contribution is -2.55. The van der Waals surface area contributed by atoms with E-state index in [0.717, 1.165) is 37.1 Å². The quantitative estimate of drug-likeness (QED) is 0.748. The molecule has 0 aromatic carbocycles. The minimum Gasteiger partial charge on any atom is -0.480 e. The predicted octanol–water partition coefficient (Wildman–Crippen LogP) is 3.46. The first kappa shape index (κ1) is 18.9. The summed E-state index contributed by atoms with van der Waals surface area (Å²) in [6.45, 7) is 1.02. The number of nitrogens with one attached hydrogen (secondary N) is 1. The standard InChI is InChI=1S/C21H30N2O3S/c24-20(25)13-23(12-14-7-8-14)17-10-16(11-17)22-21(26)19-9-15-5-3-1-2-4-6-18(15)27-19/h9,14,16-17H,1-8,10-13H2,(H,22,26)(H,24,25). The normalized spacial score (nSPS) is 25.2. The van der Waals surface area contributed by atoms with Crippen LogP contribution in [0.1, 0.15) is 71.5 Å². The highest BCUT2D eigenvalue weighted by atomic mass is 32.1. The van der Waals surface area contributed by atoms with Crippen molar-refractivity contribution >= 4 is 23.2 Å². The fraction of sp³-hybridized carbons (Fsp3) is 0.714. The maximum atomic E-state index is 12.7. The van der Waals surface area contributed by atoms with Gasteiger partial charge in [0.05, 0.1) is 11.4 Å². The minimum atomic E-state index is -0.751. The Hall–Kier alpha value is -1.40. The number of nitrogens with zero attached hydrogens (tertiary/aromatic N) is 1. The molecule has 0 atom stereocenters. The Morgan fingerprint density at radius 2 is 1.89 bits per heavy atom. The first-order valence-electron chi connectivity index (χ1n) is 10.5. The largest absolute Gasteiger partial charge is 0.480 e. The van der Waals surface area contributed by atoms with E-state index in [9.17, 15) is 9.59 Å². The summed E-state index contributed by atoms with van der Waals surface area (Å²) in [6, 6.07) is 2.60. The summed E-state index contributed by atoms with van der Waals surface area (Å²) in [5.74, 6) is -0.00935. The number of rotatable bonds is 7. The molecule has 0 unspecified atom stereocenters. The van der Waals surface area contributed by atoms with Crippen LogP contribution in [0.4, 0.5) is 0 Å². The molecule has 2 saturated carbocycles. The van der Waals surface area contributed by atoms with Gasteiger partial charge in [-0.2, -0.15) is 0 Å². The number of carbonyl (C=O) groups is 2. The van der Waals surface area contributed by atoms with Crippen LogP contribution < -0.4 is 5.32 Å². The SMILES string of the molecule is O=C(O)CN(CC1CC1)C1CC(NC(=O)c2cc3c(s2)CCCCCC3)C1. The van der Waals surface area contributed by atoms with Crippen LogP contribution in [0.3, 0.4) is 0 Å². The van der Waals surface area contributed by atoms with Crippen molar-refractivity contribution in [1.82, 2.24) is 10.2 Å². The molecule has 3 aliphatic carbocycles. The summed E-state index contributed by atoms with van der Waals surface area (Å²) in [7, 11) is 0. The number of aryl methyl sites for hydroxylation is 2. The summed E-state index contributed by atoms with van der Waals surface area (Å²) >= 11 is 1.67. The van der Waals surface area contributed by atoms with Gasteiger partial charge in [0.25, 0.3) is 5.91 Å². The van der Waals surface area contributed by atoms with E-state index >= 15 is 0 Å². The summed E-state index contributed by atoms with van der Waals surface area (Å²) in [5, 5.41) is 12.3. The molecule has 0 bridgehead atoms. The third-order valence-corrected chi connectivity index (χ3v) is 7.45. The van der Waals surface area contributed by atoms with Gasteiger partial charge in [-0.05, 0) is 68.9 Å². The van der Waals surface area contributed by atoms with Crippen molar-refractivity contribution in [3.63, 3.8) is 0 Å². The van der Waals surface area contributed by atoms with Gasteiger partial charge in [-0.3, -0.25) is 14.5 Å². The Kier molecular flexibility index (Phi) is 5.83. The maximum Gasteiger partial charge on any atom is 0.317 e. The zero-order chi connectivity index (χ0) is 18.8. The number of fused-ring (bicyclic) bond motifs is 1. The summed E-state index contributed by atoms with van der Waals surface area (Å²) in [5.41, 5.74) is 1.38. The highest BCUT2D eigenvalue weighted by molar-refractivity contribution is 7.14. The average molecular weight is 391 g/mol. The van der Waals surface area contributed by atoms with Gasteiger partial charge in [-0.25, -0.2) is 0 Å². The van der Waals surface area contributed by atoms with Crippen LogP contribution in [-0.2, 0) is 17.6 Å². The van der Waals surface area contributed by atoms with Crippen molar-refractivity contribution in [1.29, 1.82) is 0 Å². The number of carbonyl (C=O) groups excluding carboxylic acids is 1. The van der Waals surface area contributed by atoms with E-state index in [1.165, 1.54) is 49.0 Å². The van der Waals surface area contributed by atoms with Crippen LogP contribution in [0.15, 0.2) is 6.07 Å². The van der Waals surface area contributed by atoms with Crippen LogP contribution in [-0.4, -0.2) is 47.1 Å². The fourth-order valence-corrected chi connectivity index (χ4v) is 5.52. The second-order valence-electron chi connectivity index (χ2n) is 8.54. The topological polar surface area (TPSA) is 69.6 Å². The monoisotopic (exact) mass is 390 g/mol. The molecular formula is C21H30N2O3S. The smallest absolute Gasteiger partial charge is 0.317 e. The lowest BCUT2D eigenvalue weighted by molar-refractivity contribution is -0.139. The van der Waals surface area contributed by atoms with Crippen molar-refractivity contribution < 1.29 is 14.7 Å². The molecule has 2 N–H and O–H groups in total. The van der Waals surface area contributed by atoms with E-state index in [4.69, 9.17) is 5.11 Å². The molecule has 148 valence electrons. The maximum absolute atomic E-state index is 12.7. The van der Waals surface area contributed by atoms with Crippen molar-refractivity contribution in [2.75, 3.05) is 13.1 Å². The van der Waals surface area contributed by atoms with E-state index in [1.807, 2.05) is 0 Å². The molecule has 3 aliphatic rings. The van der Waals surface area contributed by atoms with Gasteiger partial charge in [0.1, 0.15) is 0 Å². The third-order valence-electron chi connectivity index (χ3n) is 6.21. The van der Waals surface area contributed by atoms with Crippen LogP contribution >= 0.6 is 11.3 Å². The highest BCUT2D eigenvalue weighted by Crippen LogP contribution is 2.34. The molecule has 1 aromatic rings. The van der Waals surface area contributed by atoms with Gasteiger partial charge in [0.15, 0.2) is 0 Å². The molecule has 27 heavy (non-hydrogen) atoms. The number of amides is 1. The zero-order valence-electron chi connectivity index (χ0n) is 15.9. The molecule has 0 saturated heterocycles. The van der Waals surface area contributed by atoms with Gasteiger partial charge in [0, 0.05) is 23.5 Å². The van der Waals surface area contributed by atoms with E-state index in [-0.39, 0.29) is 18.5 Å². The number of hydrogen-bond acceptors (Lipinski definition) is 4. The lowest BCUT2D eigenvalue weighted by Gasteiger charge is -2.42. The number of carboxylic acid groups (broad SMARTS) is 1. The number of aliphatic carboxylic acids is 1. The van der Waals surface area contributed by atoms with Crippen LogP contribution in [0.2, 0.25) is 0 Å². The van der Waals surface area contributed by atoms with Gasteiger partial charge in [0.2, 0.25) is 0 Å². The molecule has 0 spiro atoms. The van der Waals surface area contributed by atoms with E-state index in [1.54, 1.807) is 11.3 Å². The van der Waals surface area contributed by atoms with E-state index in [2.05, 4.69) is 16.3 Å². The highest BCUT2D eigenvalue weighted by Gasteiger charge is 2.38. The first-order chi connectivity index (χ1) is 13.1. The molecule has 1 heterocycles. The molecular weight excluding hydrogens is 360 g/mol. The Morgan fingerprint density at radius 3 is 2.59 bits per heavy atom. The molecule has 2 fully saturated rings. The van der Waals surface area contributed by atoms with Crippen molar-refractivity contribution in [3.8, 4) is 0 Å². The van der Waals surface area contributed by atoms with Gasteiger partial charge >= 0.3 is 5.97 Å². The minimum absolute atomic E-state index is 0.0576. The van der Waals surface area contributed by atoms with E-state index in [0.29, 0.717) is 12.0 Å². The third kappa shape index (κ3) is 4.91. The molecule has 0 radical (unpaired) electrons. The zero-order valence-corrected chi connectivity index (χ0v) is 16.7. The molecule has 4 rings (SSSR count). The molecule has 5 nitrogen and oxygen atoms in total. The Balaban J connectivity index is 1.29. The van der Waals surface area contributed by atoms with Crippen LogP contribution in [0.25, 0.3) is 0 Å². The average Bonchev–Trinajstić information content (AvgIpc) is 3.29. The lowest BCUT2D eigenvalue weighted by atomic mass is 9.85. The molecule has 1 amide bonds. The van der Waals surface area contributed by atoms with Gasteiger partial charge < -0.3 is 10.4 Å². The number of carboxylic acids is 1. The van der Waals surface area contributed by atoms with Gasteiger partial charge in [-0.15, -0.1) is 11.3 Å². The fourth-order valence-electron chi connectivity index (χ4n) is 4.36. The van der Waals surface area contributed by atoms with Crippen molar-refractivity contribution in [2.24, 2.45) is 5.92 Å². The van der Waals surface area contributed by atoms with E-state index < -0.39 is 5.97 Å². The molecule has 6 heteroatoms. The summed E-state index contributed by atoms with van der Waals surface area (Å²) < 4.78 is 0. The number of thiophene rings is 1. The van der Waals surface area contributed by atoms with Gasteiger partial charge in [-0.1, -0.05) is 12.8 Å². The first-order valence-corrected chi connectivity index (χ1v) is 11.3. The Morgan fingerprint density at radius 1 is 1.15 bits per heavy atom. The second kappa shape index (κ2) is 8.31. The van der Waals surface area contributed by atoms with Crippen molar-refractivity contribution in [2.45, 2.75) is 76.3 Å². The predicted molar refractivity (Wildman–Crippen MR) is 106 cm³/mol. The van der Waals surface area contributed by atoms with Crippen molar-refractivity contribution in [3.05, 3.63) is 21.4 Å². The molecule has 1 aromatic heterocycles. The van der Waals surface area contributed by atoms with Crippen LogP contribution in [0.5, 0.6) is 0 Å². The van der Waals surface area contributed by atoms with Crippen LogP contribution in [0, 0.1) is 5.92 Å². The Bertz CT molecular complexity index is 666. The summed E-state index contributed by atoms with van der Waals surface area (Å²) in [4.78, 5) is 28.2. The summed E-state index contributed by atoms with van der Waals surface area (Å²) in [6.07, 6.45) is 11.5. The second-order valence-corrected chi connectivity index (χ2v) is 9.67.